The van der Waals surface area contributed by atoms with Crippen LogP contribution >= 0.6 is 0 Å². The summed E-state index contributed by atoms with van der Waals surface area (Å²) in [5.74, 6) is 14.3. The number of aliphatic hydroxyl groups excluding tert-OH is 3. The second-order valence-corrected chi connectivity index (χ2v) is 50.2. The SMILES string of the molecule is C=CC1CC(C=C)C2CC(C(=O)CO)=CC12.C=CC1CC(C=C)C2CC(C(=O)OC(C)(C)C)=CC12.C=CC1CC(C=C)C2CC(C(=O)OC(C)(C)C)=CC12.C=CC1CC(C=C)C2CC(C(=O)OC)=CC12.C=CC1CC(C=C)C2CC(CC3C(C(=O)CO)CC4C(C=C)CC(C=C)C43)(C(=O)CO)CC12.CCC1CC(CC)C2CC(CC3C(C(=O)OC(C)(C)C)CC4C(CC)CC(CC)C43)(C(=O)OC(C)(C)C)CC12. The van der Waals surface area contributed by atoms with E-state index in [4.69, 9.17) is 28.8 Å². The highest BCUT2D eigenvalue weighted by molar-refractivity contribution is 5.97. The van der Waals surface area contributed by atoms with Gasteiger partial charge in [-0.05, 0) is 418 Å². The first kappa shape index (κ1) is 114. The summed E-state index contributed by atoms with van der Waals surface area (Å²) in [5, 5.41) is 28.6. The minimum Gasteiger partial charge on any atom is -0.466 e. The molecule has 0 aromatic carbocycles. The second-order valence-electron chi connectivity index (χ2n) is 50.2. The van der Waals surface area contributed by atoms with Gasteiger partial charge in [0.2, 0.25) is 0 Å². The molecule has 16 nitrogen and oxygen atoms in total. The normalized spacial score (nSPS) is 39.4. The molecule has 16 heteroatoms. The summed E-state index contributed by atoms with van der Waals surface area (Å²) in [6.45, 7) is 78.9. The van der Waals surface area contributed by atoms with Gasteiger partial charge >= 0.3 is 29.8 Å². The largest absolute Gasteiger partial charge is 0.466 e. The minimum atomic E-state index is -0.626. The number of hydrogen-bond acceptors (Lipinski definition) is 16. The van der Waals surface area contributed by atoms with Crippen LogP contribution in [0.5, 0.6) is 0 Å². The van der Waals surface area contributed by atoms with Gasteiger partial charge in [0, 0.05) is 28.1 Å². The number of ketones is 3. The van der Waals surface area contributed by atoms with Crippen LogP contribution in [0.4, 0.5) is 0 Å². The van der Waals surface area contributed by atoms with E-state index in [9.17, 15) is 48.6 Å². The van der Waals surface area contributed by atoms with Gasteiger partial charge in [-0.25, -0.2) is 14.4 Å². The summed E-state index contributed by atoms with van der Waals surface area (Å²) in [6, 6.07) is 0. The first-order chi connectivity index (χ1) is 67.2. The molecule has 16 aliphatic rings. The molecule has 0 aliphatic heterocycles. The van der Waals surface area contributed by atoms with E-state index in [-0.39, 0.29) is 89.3 Å². The third kappa shape index (κ3) is 24.9. The van der Waals surface area contributed by atoms with Crippen molar-refractivity contribution < 1.29 is 77.4 Å². The maximum atomic E-state index is 14.3. The van der Waals surface area contributed by atoms with E-state index in [0.29, 0.717) is 184 Å². The maximum Gasteiger partial charge on any atom is 0.334 e. The van der Waals surface area contributed by atoms with Gasteiger partial charge in [0.05, 0.1) is 18.4 Å². The van der Waals surface area contributed by atoms with Crippen LogP contribution in [0.25, 0.3) is 0 Å². The summed E-state index contributed by atoms with van der Waals surface area (Å²) in [5.41, 5.74) is 0.342. The van der Waals surface area contributed by atoms with Gasteiger partial charge in [-0.1, -0.05) is 151 Å². The Kier molecular flexibility index (Phi) is 38.6. The molecular formula is C126H184O16. The molecule has 3 N–H and O–H groups in total. The van der Waals surface area contributed by atoms with Gasteiger partial charge in [-0.3, -0.25) is 24.0 Å². The van der Waals surface area contributed by atoms with Gasteiger partial charge in [0.1, 0.15) is 42.2 Å². The molecule has 784 valence electrons. The molecule has 0 heterocycles. The average molecular weight is 1950 g/mol. The smallest absolute Gasteiger partial charge is 0.334 e. The van der Waals surface area contributed by atoms with E-state index in [1.807, 2.05) is 156 Å². The van der Waals surface area contributed by atoms with Crippen molar-refractivity contribution in [1.82, 2.24) is 0 Å². The van der Waals surface area contributed by atoms with Gasteiger partial charge in [-0.15, -0.1) is 78.9 Å². The second kappa shape index (κ2) is 47.9. The fourth-order valence-corrected chi connectivity index (χ4v) is 32.1. The molecule has 16 rings (SSSR count). The van der Waals surface area contributed by atoms with Crippen molar-refractivity contribution in [3.05, 3.63) is 198 Å². The van der Waals surface area contributed by atoms with Crippen molar-refractivity contribution in [2.24, 2.45) is 224 Å². The molecule has 36 atom stereocenters. The lowest BCUT2D eigenvalue weighted by atomic mass is 9.66. The van der Waals surface area contributed by atoms with Gasteiger partial charge in [0.25, 0.3) is 0 Å². The van der Waals surface area contributed by atoms with Crippen molar-refractivity contribution in [3.63, 3.8) is 0 Å². The molecule has 36 unspecified atom stereocenters. The first-order valence-electron chi connectivity index (χ1n) is 54.9. The number of carbonyl (C=O) groups is 8. The van der Waals surface area contributed by atoms with Crippen molar-refractivity contribution in [1.29, 1.82) is 0 Å². The van der Waals surface area contributed by atoms with Crippen LogP contribution in [0.2, 0.25) is 0 Å². The molecule has 12 fully saturated rings. The molecule has 16 aliphatic carbocycles. The Hall–Kier alpha value is -7.92. The lowest BCUT2D eigenvalue weighted by Gasteiger charge is -2.38. The van der Waals surface area contributed by atoms with E-state index < -0.39 is 46.4 Å². The highest BCUT2D eigenvalue weighted by atomic mass is 16.6. The zero-order chi connectivity index (χ0) is 105. The van der Waals surface area contributed by atoms with Gasteiger partial charge in [0.15, 0.2) is 17.3 Å². The van der Waals surface area contributed by atoms with Crippen molar-refractivity contribution in [2.75, 3.05) is 26.9 Å². The summed E-state index contributed by atoms with van der Waals surface area (Å²) < 4.78 is 28.1. The lowest BCUT2D eigenvalue weighted by Crippen LogP contribution is -2.41. The van der Waals surface area contributed by atoms with E-state index >= 15 is 0 Å². The van der Waals surface area contributed by atoms with Crippen molar-refractivity contribution in [2.45, 2.75) is 287 Å². The monoisotopic (exact) mass is 1950 g/mol. The third-order valence-corrected chi connectivity index (χ3v) is 38.3. The molecule has 0 aromatic rings. The van der Waals surface area contributed by atoms with E-state index in [0.717, 1.165) is 138 Å². The summed E-state index contributed by atoms with van der Waals surface area (Å²) >= 11 is 0. The maximum absolute atomic E-state index is 14.3. The van der Waals surface area contributed by atoms with Crippen LogP contribution in [0.3, 0.4) is 0 Å². The Morgan fingerprint density at radius 1 is 0.324 bits per heavy atom. The van der Waals surface area contributed by atoms with Gasteiger partial charge < -0.3 is 39.0 Å². The van der Waals surface area contributed by atoms with Crippen LogP contribution < -0.4 is 0 Å². The number of ether oxygens (including phenoxy) is 5. The molecule has 0 bridgehead atoms. The zero-order valence-corrected chi connectivity index (χ0v) is 90.2. The first-order valence-corrected chi connectivity index (χ1v) is 54.9. The van der Waals surface area contributed by atoms with Crippen molar-refractivity contribution >= 4 is 47.2 Å². The Labute approximate surface area is 856 Å². The van der Waals surface area contributed by atoms with E-state index in [1.54, 1.807) is 0 Å². The third-order valence-electron chi connectivity index (χ3n) is 38.3. The fourth-order valence-electron chi connectivity index (χ4n) is 32.1. The molecule has 0 spiro atoms. The van der Waals surface area contributed by atoms with Crippen molar-refractivity contribution in [3.8, 4) is 0 Å². The average Bonchev–Trinajstić information content (AvgIpc) is 1.57. The highest BCUT2D eigenvalue weighted by Gasteiger charge is 2.65. The van der Waals surface area contributed by atoms with Crippen LogP contribution in [0.15, 0.2) is 198 Å². The van der Waals surface area contributed by atoms with E-state index in [2.05, 4.69) is 131 Å². The number of carbonyl (C=O) groups excluding carboxylic acids is 8. The van der Waals surface area contributed by atoms with Crippen LogP contribution in [0, 0.1) is 224 Å². The molecule has 0 aromatic heterocycles. The summed E-state index contributed by atoms with van der Waals surface area (Å²) in [4.78, 5) is 102. The standard InChI is InChI=1S/C35H60O4.C29H40O4.2C17H24O2.2C14H18O2/c1-11-21-16-24(14-4)30-25(21)17-26(31(36)38-33(5,6)7)29(30)20-35(32(37)39-34(8,9)10)18-27-22(12-2)15-23(13-3)28(27)19-35;1-5-17-10-20(8-4)28-21(17)11-22(26(32)15-30)25(28)14-29(27(33)16-31)12-23-18(6-2)9-19(7-3)24(23)13-29;2*1-6-11-8-12(7-2)15-10-13(9-14(11)15)16(18)19-17(3,4)5;1-4-9-6-10(5-2)13-8-11(7-12(9)13)14(15)16-3;1-3-9-5-10(4-2)13-7-11(6-12(9)13)14(16)8-15/h21-30H,11-20H2,1-10H3;5-8,17-25,28,30-31H,1-4,9-16H2;2*6-7,9,11-12,14-15H,1-2,8,10H2,3-5H3;4-5,7,9-10,12-13H,1-2,6,8H2,3H3;3-4,6,9-10,12-13,15H,1-2,5,7-8H2. The van der Waals surface area contributed by atoms with Crippen LogP contribution in [-0.4, -0.2) is 112 Å². The Balaban J connectivity index is 0.000000169. The Bertz CT molecular complexity index is 4540. The number of esters is 5. The topological polar surface area (TPSA) is 243 Å². The van der Waals surface area contributed by atoms with Crippen LogP contribution in [0.1, 0.15) is 265 Å². The quantitative estimate of drug-likeness (QED) is 0.0332. The number of hydrogen-bond donors (Lipinski definition) is 3. The molecule has 0 amide bonds. The van der Waals surface area contributed by atoms with E-state index in [1.165, 1.54) is 39.2 Å². The number of aliphatic hydroxyl groups is 3. The molecular weight excluding hydrogens is 1770 g/mol. The molecule has 142 heavy (non-hydrogen) atoms. The van der Waals surface area contributed by atoms with Gasteiger partial charge in [-0.2, -0.15) is 0 Å². The molecule has 12 saturated carbocycles. The fraction of sp³-hybridized carbons (Fsp3) is 0.683. The highest BCUT2D eigenvalue weighted by Crippen LogP contribution is 2.69. The summed E-state index contributed by atoms with van der Waals surface area (Å²) in [7, 11) is 1.44. The summed E-state index contributed by atoms with van der Waals surface area (Å²) in [6.07, 6.45) is 56.2. The number of fused-ring (bicyclic) bond motifs is 8. The Morgan fingerprint density at radius 3 is 0.986 bits per heavy atom. The van der Waals surface area contributed by atoms with Crippen LogP contribution in [-0.2, 0) is 62.0 Å². The molecule has 0 radical (unpaired) electrons. The zero-order valence-electron chi connectivity index (χ0n) is 90.2. The molecule has 0 saturated heterocycles. The Morgan fingerprint density at radius 2 is 0.634 bits per heavy atom. The predicted octanol–water partition coefficient (Wildman–Crippen LogP) is 25.9. The number of methoxy groups -OCH3 is 1. The number of allylic oxidation sites excluding steroid dienone is 16. The minimum absolute atomic E-state index is 0.0126. The number of rotatable bonds is 31. The predicted molar refractivity (Wildman–Crippen MR) is 570 cm³/mol. The lowest BCUT2D eigenvalue weighted by molar-refractivity contribution is -0.172. The number of Topliss-reactive ketones (excluding diaryl/α,β-unsaturated/α-hetero) is 3.